The zero-order valence-electron chi connectivity index (χ0n) is 25.3. The van der Waals surface area contributed by atoms with E-state index in [0.29, 0.717) is 0 Å². The van der Waals surface area contributed by atoms with E-state index in [1.807, 2.05) is 0 Å². The second-order valence-electron chi connectivity index (χ2n) is 13.0. The Morgan fingerprint density at radius 1 is 0.738 bits per heavy atom. The first-order valence-corrected chi connectivity index (χ1v) is 24.4. The zero-order chi connectivity index (χ0) is 30.2. The van der Waals surface area contributed by atoms with E-state index in [-0.39, 0.29) is 14.9 Å². The number of hydrogen-bond acceptors (Lipinski definition) is 4. The van der Waals surface area contributed by atoms with Gasteiger partial charge in [-0.2, -0.15) is 13.2 Å². The van der Waals surface area contributed by atoms with Gasteiger partial charge < -0.3 is 4.55 Å². The van der Waals surface area contributed by atoms with Gasteiger partial charge in [-0.25, -0.2) is 8.42 Å². The topological polar surface area (TPSA) is 70.1 Å². The lowest BCUT2D eigenvalue weighted by molar-refractivity contribution is -0.0517. The highest BCUT2D eigenvalue weighted by Crippen LogP contribution is 3.01. The molecule has 4 aliphatic rings. The molecule has 0 amide bonds. The van der Waals surface area contributed by atoms with Crippen LogP contribution in [0.25, 0.3) is 0 Å². The lowest BCUT2D eigenvalue weighted by Gasteiger charge is -2.51. The molecule has 0 bridgehead atoms. The van der Waals surface area contributed by atoms with Crippen molar-refractivity contribution in [3.05, 3.63) is 24.4 Å². The van der Waals surface area contributed by atoms with Crippen molar-refractivity contribution in [2.24, 2.45) is 0 Å². The van der Waals surface area contributed by atoms with Crippen molar-refractivity contribution < 1.29 is 26.1 Å². The number of aromatic nitrogens is 1. The Labute approximate surface area is 255 Å². The van der Waals surface area contributed by atoms with E-state index < -0.39 is 22.6 Å². The van der Waals surface area contributed by atoms with Gasteiger partial charge in [0.25, 0.3) is 0 Å². The Morgan fingerprint density at radius 2 is 1.12 bits per heavy atom. The molecule has 240 valence electrons. The fraction of sp³-hybridized carbons (Fsp3) is 0.839. The minimum atomic E-state index is -6.09. The summed E-state index contributed by atoms with van der Waals surface area (Å²) in [5.74, 6) is 0. The molecule has 4 fully saturated rings. The highest BCUT2D eigenvalue weighted by atomic mass is 32.5. The molecule has 0 saturated heterocycles. The van der Waals surface area contributed by atoms with Crippen LogP contribution in [0.5, 0.6) is 0 Å². The van der Waals surface area contributed by atoms with Crippen molar-refractivity contribution in [2.45, 2.75) is 157 Å². The van der Waals surface area contributed by atoms with Gasteiger partial charge >= 0.3 is 5.51 Å². The van der Waals surface area contributed by atoms with Gasteiger partial charge in [0, 0.05) is 13.1 Å². The number of rotatable bonds is 7. The molecule has 0 N–H and O–H groups in total. The van der Waals surface area contributed by atoms with Crippen LogP contribution >= 0.6 is 21.9 Å². The third kappa shape index (κ3) is 8.90. The van der Waals surface area contributed by atoms with Gasteiger partial charge in [-0.3, -0.25) is 4.98 Å². The lowest BCUT2D eigenvalue weighted by Crippen LogP contribution is -2.31. The lowest BCUT2D eigenvalue weighted by atomic mass is 9.99. The summed E-state index contributed by atoms with van der Waals surface area (Å²) in [6.45, 7) is 1.88. The smallest absolute Gasteiger partial charge is 0.485 e. The Kier molecular flexibility index (Phi) is 13.4. The Bertz CT molecular complexity index is 1000. The van der Waals surface area contributed by atoms with Crippen molar-refractivity contribution >= 4 is 37.4 Å². The van der Waals surface area contributed by atoms with Crippen LogP contribution in [0.3, 0.4) is 0 Å². The van der Waals surface area contributed by atoms with E-state index in [9.17, 15) is 13.2 Å². The maximum Gasteiger partial charge on any atom is 0.485 e. The van der Waals surface area contributed by atoms with E-state index >= 15 is 0 Å². The number of halogens is 3. The summed E-state index contributed by atoms with van der Waals surface area (Å²) in [6.07, 6.45) is 32.8. The first-order chi connectivity index (χ1) is 20.0. The van der Waals surface area contributed by atoms with Gasteiger partial charge in [0.1, 0.15) is 12.7 Å². The van der Waals surface area contributed by atoms with Crippen LogP contribution in [0.4, 0.5) is 13.2 Å². The fourth-order valence-electron chi connectivity index (χ4n) is 8.15. The van der Waals surface area contributed by atoms with E-state index in [4.69, 9.17) is 18.0 Å². The van der Waals surface area contributed by atoms with Gasteiger partial charge in [0.05, 0.1) is 18.0 Å². The van der Waals surface area contributed by atoms with Gasteiger partial charge in [0.2, 0.25) is 0 Å². The van der Waals surface area contributed by atoms with E-state index in [1.165, 1.54) is 77.0 Å². The average Bonchev–Trinajstić information content (AvgIpc) is 3.01. The third-order valence-corrected chi connectivity index (χ3v) is 33.5. The number of nitrogens with zero attached hydrogens (tertiary/aromatic N) is 1. The molecule has 1 heterocycles. The van der Waals surface area contributed by atoms with Crippen LogP contribution in [0.15, 0.2) is 24.4 Å². The second-order valence-corrected chi connectivity index (χ2v) is 28.6. The molecule has 1 aromatic heterocycles. The predicted octanol–water partition coefficient (Wildman–Crippen LogP) is 10.5. The summed E-state index contributed by atoms with van der Waals surface area (Å²) >= 11 is 0. The normalized spacial score (nSPS) is 23.8. The number of pyridine rings is 1. The maximum atomic E-state index is 10.7. The third-order valence-electron chi connectivity index (χ3n) is 10.3. The van der Waals surface area contributed by atoms with Crippen LogP contribution in [0.2, 0.25) is 0 Å². The molecule has 11 heteroatoms. The maximum absolute atomic E-state index is 10.7. The molecule has 4 saturated carbocycles. The molecule has 1 atom stereocenters. The highest BCUT2D eigenvalue weighted by molar-refractivity contribution is 8.68. The first-order valence-electron chi connectivity index (χ1n) is 16.4. The molecule has 0 aliphatic heterocycles. The standard InChI is InChI=1S/C30H51NP3.CHF3O3S/c1-34(28-20-10-4-11-21-28,29-22-12-5-13-23-29)33(30-24-14-15-25-31-30)32(26-16-6-2-7-17-26)27-18-8-3-9-19-27;2-1(3,4)8(5,6)7/h14-15,24-29H,2-13,16-23H2,1H3;(H,5,6,7)/q+1;/p-1/t33-;/m1./s1. The van der Waals surface area contributed by atoms with Gasteiger partial charge in [-0.05, 0) is 108 Å². The van der Waals surface area contributed by atoms with Crippen LogP contribution in [0.1, 0.15) is 128 Å². The van der Waals surface area contributed by atoms with Gasteiger partial charge in [0.15, 0.2) is 10.1 Å². The molecule has 0 radical (unpaired) electrons. The summed E-state index contributed by atoms with van der Waals surface area (Å²) in [4.78, 5) is 5.32. The molecular weight excluding hydrogens is 616 g/mol. The van der Waals surface area contributed by atoms with Crippen molar-refractivity contribution in [3.8, 4) is 0 Å². The molecule has 4 nitrogen and oxygen atoms in total. The van der Waals surface area contributed by atoms with E-state index in [0.717, 1.165) is 22.6 Å². The molecule has 42 heavy (non-hydrogen) atoms. The molecule has 0 unspecified atom stereocenters. The van der Waals surface area contributed by atoms with E-state index in [2.05, 4.69) is 31.1 Å². The van der Waals surface area contributed by atoms with Gasteiger partial charge in [-0.15, -0.1) is 0 Å². The first kappa shape index (κ1) is 35.0. The van der Waals surface area contributed by atoms with Crippen LogP contribution in [-0.4, -0.2) is 52.8 Å². The average molecular weight is 668 g/mol. The Balaban J connectivity index is 0.000000446. The summed E-state index contributed by atoms with van der Waals surface area (Å²) in [6, 6.07) is 7.09. The quantitative estimate of drug-likeness (QED) is 0.165. The molecule has 1 aromatic rings. The largest absolute Gasteiger partial charge is 0.741 e. The predicted molar refractivity (Wildman–Crippen MR) is 174 cm³/mol. The van der Waals surface area contributed by atoms with Crippen molar-refractivity contribution in [3.63, 3.8) is 0 Å². The highest BCUT2D eigenvalue weighted by Gasteiger charge is 2.59. The monoisotopic (exact) mass is 667 g/mol. The van der Waals surface area contributed by atoms with E-state index in [1.54, 1.807) is 56.8 Å². The number of hydrogen-bond donors (Lipinski definition) is 0. The van der Waals surface area contributed by atoms with Crippen LogP contribution in [0, 0.1) is 0 Å². The van der Waals surface area contributed by atoms with Gasteiger partial charge in [-0.1, -0.05) is 57.4 Å². The van der Waals surface area contributed by atoms with Crippen LogP contribution in [-0.2, 0) is 10.1 Å². The van der Waals surface area contributed by atoms with Crippen LogP contribution < -0.4 is 5.44 Å². The van der Waals surface area contributed by atoms with Crippen molar-refractivity contribution in [2.75, 3.05) is 6.66 Å². The summed E-state index contributed by atoms with van der Waals surface area (Å²) in [5, 5.41) is 0. The summed E-state index contributed by atoms with van der Waals surface area (Å²) in [7, 11) is -6.10. The molecule has 0 aromatic carbocycles. The minimum Gasteiger partial charge on any atom is -0.741 e. The zero-order valence-corrected chi connectivity index (χ0v) is 28.8. The number of alkyl halides is 3. The Hall–Kier alpha value is 0.140. The van der Waals surface area contributed by atoms with Crippen molar-refractivity contribution in [1.82, 2.24) is 4.98 Å². The fourth-order valence-corrected chi connectivity index (χ4v) is 36.5. The minimum absolute atomic E-state index is 0.0774. The molecule has 0 spiro atoms. The molecule has 5 rings (SSSR count). The SMILES string of the molecule is C[P+](C1CCCCC1)(C1CCCCC1)[P@](c1ccccn1)P(C1CCCCC1)C1CCCCC1.O=S(=O)([O-])C(F)(F)F. The summed E-state index contributed by atoms with van der Waals surface area (Å²) < 4.78 is 58.9. The summed E-state index contributed by atoms with van der Waals surface area (Å²) in [5.41, 5.74) is 0.237. The molecular formula is C31H51F3NO3P3S. The Morgan fingerprint density at radius 3 is 1.45 bits per heavy atom. The van der Waals surface area contributed by atoms with Crippen molar-refractivity contribution in [1.29, 1.82) is 0 Å². The second kappa shape index (κ2) is 16.1. The molecule has 4 aliphatic carbocycles.